The topological polar surface area (TPSA) is 0 Å². The van der Waals surface area contributed by atoms with E-state index >= 15 is 0 Å². The Morgan fingerprint density at radius 3 is 1.09 bits per heavy atom. The van der Waals surface area contributed by atoms with Crippen molar-refractivity contribution in [2.24, 2.45) is 0 Å². The van der Waals surface area contributed by atoms with Gasteiger partial charge in [-0.25, -0.2) is 0 Å². The molecule has 0 aliphatic carbocycles. The minimum atomic E-state index is -2.64. The molecule has 0 N–H and O–H groups in total. The van der Waals surface area contributed by atoms with Gasteiger partial charge < -0.3 is 0 Å². The first-order chi connectivity index (χ1) is 10.7. The van der Waals surface area contributed by atoms with Gasteiger partial charge in [0.15, 0.2) is 0 Å². The van der Waals surface area contributed by atoms with E-state index in [1.807, 2.05) is 0 Å². The van der Waals surface area contributed by atoms with Crippen molar-refractivity contribution in [2.45, 2.75) is 0 Å². The summed E-state index contributed by atoms with van der Waals surface area (Å²) in [6.07, 6.45) is 0. The van der Waals surface area contributed by atoms with E-state index < -0.39 is 6.60 Å². The molecule has 0 bridgehead atoms. The summed E-state index contributed by atoms with van der Waals surface area (Å²) < 4.78 is 0. The van der Waals surface area contributed by atoms with Gasteiger partial charge >= 0.3 is 133 Å². The van der Waals surface area contributed by atoms with Gasteiger partial charge in [-0.1, -0.05) is 0 Å². The van der Waals surface area contributed by atoms with Crippen molar-refractivity contribution in [3.05, 3.63) is 103 Å². The molecule has 0 radical (unpaired) electrons. The van der Waals surface area contributed by atoms with Gasteiger partial charge in [0, 0.05) is 0 Å². The van der Waals surface area contributed by atoms with Gasteiger partial charge in [0.2, 0.25) is 0 Å². The second-order valence-corrected chi connectivity index (χ2v) is 11.1. The molecule has 3 rings (SSSR count). The Balaban J connectivity index is 2.44. The van der Waals surface area contributed by atoms with E-state index in [0.717, 1.165) is 0 Å². The summed E-state index contributed by atoms with van der Waals surface area (Å²) in [5.41, 5.74) is 0. The summed E-state index contributed by atoms with van der Waals surface area (Å²) >= 11 is 0. The standard InChI is InChI=1S/C21H21P/c1-3-22(2,19-13-7-4-8-14-19,20-15-9-5-10-16-20)21-17-11-6-12-18-21/h3-18H,1H2,2H3. The molecule has 0 heterocycles. The monoisotopic (exact) mass is 304 g/mol. The van der Waals surface area contributed by atoms with Crippen LogP contribution < -0.4 is 15.9 Å². The molecular formula is C21H21P. The molecule has 0 aliphatic rings. The maximum absolute atomic E-state index is 4.29. The molecule has 0 aliphatic heterocycles. The second-order valence-electron chi connectivity index (χ2n) is 5.84. The molecule has 3 aromatic carbocycles. The Bertz CT molecular complexity index is 661. The van der Waals surface area contributed by atoms with Crippen LogP contribution in [0.5, 0.6) is 0 Å². The van der Waals surface area contributed by atoms with Gasteiger partial charge in [-0.2, -0.15) is 0 Å². The van der Waals surface area contributed by atoms with Gasteiger partial charge in [0.05, 0.1) is 0 Å². The van der Waals surface area contributed by atoms with Crippen LogP contribution >= 0.6 is 6.60 Å². The van der Waals surface area contributed by atoms with E-state index in [2.05, 4.69) is 110 Å². The summed E-state index contributed by atoms with van der Waals surface area (Å²) in [4.78, 5) is 0. The molecule has 110 valence electrons. The van der Waals surface area contributed by atoms with Gasteiger partial charge in [-0.05, 0) is 0 Å². The second kappa shape index (κ2) is 5.55. The van der Waals surface area contributed by atoms with Crippen LogP contribution in [0.2, 0.25) is 0 Å². The Labute approximate surface area is 133 Å². The van der Waals surface area contributed by atoms with Crippen molar-refractivity contribution in [1.82, 2.24) is 0 Å². The molecule has 1 heteroatoms. The van der Waals surface area contributed by atoms with Gasteiger partial charge in [0.25, 0.3) is 0 Å². The van der Waals surface area contributed by atoms with Crippen molar-refractivity contribution in [1.29, 1.82) is 0 Å². The predicted octanol–water partition coefficient (Wildman–Crippen LogP) is 4.29. The van der Waals surface area contributed by atoms with E-state index in [1.165, 1.54) is 15.9 Å². The molecule has 0 saturated heterocycles. The van der Waals surface area contributed by atoms with Crippen LogP contribution in [0.15, 0.2) is 103 Å². The summed E-state index contributed by atoms with van der Waals surface area (Å²) in [7, 11) is 0. The molecule has 0 saturated carbocycles. The van der Waals surface area contributed by atoms with Gasteiger partial charge in [-0.15, -0.1) is 0 Å². The summed E-state index contributed by atoms with van der Waals surface area (Å²) in [5.74, 6) is 2.20. The van der Waals surface area contributed by atoms with Crippen LogP contribution in [0.3, 0.4) is 0 Å². The molecule has 0 fully saturated rings. The van der Waals surface area contributed by atoms with Crippen LogP contribution in [0, 0.1) is 0 Å². The normalized spacial score (nSPS) is 13.0. The maximum atomic E-state index is 4.29. The SMILES string of the molecule is C=CP(C)(c1ccccc1)(c1ccccc1)c1ccccc1. The van der Waals surface area contributed by atoms with Crippen LogP contribution in [-0.4, -0.2) is 6.66 Å². The predicted molar refractivity (Wildman–Crippen MR) is 101 cm³/mol. The third kappa shape index (κ3) is 2.03. The first-order valence-electron chi connectivity index (χ1n) is 7.52. The molecule has 3 aromatic rings. The first kappa shape index (κ1) is 14.8. The number of hydrogen-bond donors (Lipinski definition) is 0. The Morgan fingerprint density at radius 2 is 0.864 bits per heavy atom. The fourth-order valence-electron chi connectivity index (χ4n) is 3.20. The third-order valence-electron chi connectivity index (χ3n) is 4.72. The van der Waals surface area contributed by atoms with Crippen molar-refractivity contribution in [3.63, 3.8) is 0 Å². The number of rotatable bonds is 4. The van der Waals surface area contributed by atoms with Crippen molar-refractivity contribution in [3.8, 4) is 0 Å². The minimum absolute atomic E-state index is 1.35. The Morgan fingerprint density at radius 1 is 0.591 bits per heavy atom. The summed E-state index contributed by atoms with van der Waals surface area (Å²) in [5, 5.41) is 4.04. The van der Waals surface area contributed by atoms with Crippen LogP contribution in [0.4, 0.5) is 0 Å². The van der Waals surface area contributed by atoms with E-state index in [-0.39, 0.29) is 0 Å². The molecule has 0 amide bonds. The third-order valence-corrected chi connectivity index (χ3v) is 10.5. The van der Waals surface area contributed by atoms with E-state index in [0.29, 0.717) is 0 Å². The zero-order chi connectivity index (χ0) is 15.5. The number of benzene rings is 3. The Kier molecular flexibility index (Phi) is 3.72. The molecule has 0 aromatic heterocycles. The molecule has 0 unspecified atom stereocenters. The van der Waals surface area contributed by atoms with Crippen LogP contribution in [0.25, 0.3) is 0 Å². The molecule has 0 atom stereocenters. The van der Waals surface area contributed by atoms with Crippen molar-refractivity contribution in [2.75, 3.05) is 6.66 Å². The first-order valence-corrected chi connectivity index (χ1v) is 10.3. The van der Waals surface area contributed by atoms with Crippen LogP contribution in [0.1, 0.15) is 0 Å². The zero-order valence-electron chi connectivity index (χ0n) is 12.9. The van der Waals surface area contributed by atoms with Crippen molar-refractivity contribution >= 4 is 22.5 Å². The zero-order valence-corrected chi connectivity index (χ0v) is 13.8. The van der Waals surface area contributed by atoms with E-state index in [1.54, 1.807) is 0 Å². The molecule has 0 nitrogen and oxygen atoms in total. The van der Waals surface area contributed by atoms with Gasteiger partial charge in [-0.3, -0.25) is 0 Å². The van der Waals surface area contributed by atoms with Crippen LogP contribution in [-0.2, 0) is 0 Å². The van der Waals surface area contributed by atoms with E-state index in [4.69, 9.17) is 0 Å². The fourth-order valence-corrected chi connectivity index (χ4v) is 7.55. The fraction of sp³-hybridized carbons (Fsp3) is 0.0476. The number of hydrogen-bond acceptors (Lipinski definition) is 0. The quantitative estimate of drug-likeness (QED) is 0.631. The average molecular weight is 304 g/mol. The summed E-state index contributed by atoms with van der Waals surface area (Å²) in [6, 6.07) is 32.4. The average Bonchev–Trinajstić information content (AvgIpc) is 2.63. The Hall–Kier alpha value is -2.17. The molecule has 0 spiro atoms. The molecular weight excluding hydrogens is 283 g/mol. The molecule has 22 heavy (non-hydrogen) atoms. The van der Waals surface area contributed by atoms with Crippen molar-refractivity contribution < 1.29 is 0 Å². The van der Waals surface area contributed by atoms with E-state index in [9.17, 15) is 0 Å². The van der Waals surface area contributed by atoms with Gasteiger partial charge in [0.1, 0.15) is 0 Å². The summed E-state index contributed by atoms with van der Waals surface area (Å²) in [6.45, 7) is 4.04.